The number of hydrogen-bond acceptors (Lipinski definition) is 6. The molecule has 3 heterocycles. The molecule has 0 N–H and O–H groups in total. The summed E-state index contributed by atoms with van der Waals surface area (Å²) in [7, 11) is -3.03. The van der Waals surface area contributed by atoms with E-state index >= 15 is 0 Å². The van der Waals surface area contributed by atoms with Crippen LogP contribution in [0.25, 0.3) is 5.69 Å². The van der Waals surface area contributed by atoms with E-state index in [9.17, 15) is 13.2 Å². The highest BCUT2D eigenvalue weighted by atomic mass is 32.2. The van der Waals surface area contributed by atoms with Gasteiger partial charge in [0.15, 0.2) is 20.8 Å². The number of aromatic nitrogens is 4. The first-order valence-electron chi connectivity index (χ1n) is 10.9. The molecule has 1 atom stereocenters. The standard InChI is InChI=1S/C24H28N4O3S2/c1-5-11-27-23(19-10-12-33(30,31)15-19)25-26-24(27)32-14-22(29)21-13-17(3)28(18(21)4)20-8-6-16(2)7-9-20/h5-9,13,19H,1,10-12,14-15H2,2-4H3. The highest BCUT2D eigenvalue weighted by molar-refractivity contribution is 7.99. The van der Waals surface area contributed by atoms with Crippen LogP contribution in [-0.4, -0.2) is 50.8 Å². The van der Waals surface area contributed by atoms with Crippen molar-refractivity contribution >= 4 is 27.4 Å². The third-order valence-electron chi connectivity index (χ3n) is 6.01. The summed E-state index contributed by atoms with van der Waals surface area (Å²) in [4.78, 5) is 13.1. The number of carbonyl (C=O) groups is 1. The van der Waals surface area contributed by atoms with Gasteiger partial charge in [0.05, 0.1) is 17.3 Å². The first-order valence-corrected chi connectivity index (χ1v) is 13.7. The van der Waals surface area contributed by atoms with Crippen LogP contribution in [-0.2, 0) is 16.4 Å². The van der Waals surface area contributed by atoms with Crippen molar-refractivity contribution in [3.05, 3.63) is 71.3 Å². The van der Waals surface area contributed by atoms with Gasteiger partial charge in [0.2, 0.25) is 0 Å². The quantitative estimate of drug-likeness (QED) is 0.272. The van der Waals surface area contributed by atoms with Crippen LogP contribution in [0.1, 0.15) is 45.5 Å². The van der Waals surface area contributed by atoms with Gasteiger partial charge in [0.1, 0.15) is 5.82 Å². The molecule has 0 radical (unpaired) electrons. The first kappa shape index (κ1) is 23.5. The van der Waals surface area contributed by atoms with Crippen LogP contribution in [0.2, 0.25) is 0 Å². The lowest BCUT2D eigenvalue weighted by Crippen LogP contribution is -2.12. The van der Waals surface area contributed by atoms with Gasteiger partial charge in [-0.3, -0.25) is 4.79 Å². The van der Waals surface area contributed by atoms with Crippen LogP contribution in [0.3, 0.4) is 0 Å². The number of thioether (sulfide) groups is 1. The highest BCUT2D eigenvalue weighted by Gasteiger charge is 2.33. The van der Waals surface area contributed by atoms with Crippen LogP contribution in [0, 0.1) is 20.8 Å². The molecule has 1 aliphatic heterocycles. The van der Waals surface area contributed by atoms with Crippen molar-refractivity contribution in [2.24, 2.45) is 0 Å². The van der Waals surface area contributed by atoms with Gasteiger partial charge in [0, 0.05) is 35.1 Å². The lowest BCUT2D eigenvalue weighted by atomic mass is 10.1. The van der Waals surface area contributed by atoms with Gasteiger partial charge in [-0.2, -0.15) is 0 Å². The van der Waals surface area contributed by atoms with Crippen molar-refractivity contribution in [3.8, 4) is 5.69 Å². The number of benzene rings is 1. The van der Waals surface area contributed by atoms with E-state index < -0.39 is 9.84 Å². The van der Waals surface area contributed by atoms with Gasteiger partial charge in [-0.05, 0) is 45.4 Å². The molecular formula is C24H28N4O3S2. The first-order chi connectivity index (χ1) is 15.7. The van der Waals surface area contributed by atoms with E-state index in [2.05, 4.69) is 45.6 Å². The van der Waals surface area contributed by atoms with Gasteiger partial charge in [-0.1, -0.05) is 35.5 Å². The van der Waals surface area contributed by atoms with Crippen LogP contribution >= 0.6 is 11.8 Å². The molecule has 9 heteroatoms. The number of hydrogen-bond donors (Lipinski definition) is 0. The summed E-state index contributed by atoms with van der Waals surface area (Å²) >= 11 is 1.32. The topological polar surface area (TPSA) is 86.8 Å². The Morgan fingerprint density at radius 2 is 1.94 bits per heavy atom. The minimum atomic E-state index is -3.03. The summed E-state index contributed by atoms with van der Waals surface area (Å²) in [5, 5.41) is 9.16. The third kappa shape index (κ3) is 4.84. The number of allylic oxidation sites excluding steroid dienone is 1. The summed E-state index contributed by atoms with van der Waals surface area (Å²) in [5.41, 5.74) is 4.82. The Hall–Kier alpha value is -2.65. The van der Waals surface area contributed by atoms with Gasteiger partial charge in [-0.25, -0.2) is 8.42 Å². The summed E-state index contributed by atoms with van der Waals surface area (Å²) in [5.74, 6) is 0.998. The fraction of sp³-hybridized carbons (Fsp3) is 0.375. The maximum absolute atomic E-state index is 13.1. The molecule has 0 bridgehead atoms. The van der Waals surface area contributed by atoms with E-state index in [0.29, 0.717) is 29.5 Å². The lowest BCUT2D eigenvalue weighted by molar-refractivity contribution is 0.102. The third-order valence-corrected chi connectivity index (χ3v) is 8.75. The van der Waals surface area contributed by atoms with Gasteiger partial charge < -0.3 is 9.13 Å². The van der Waals surface area contributed by atoms with Crippen LogP contribution in [0.15, 0.2) is 48.1 Å². The monoisotopic (exact) mass is 484 g/mol. The Balaban J connectivity index is 1.53. The number of ketones is 1. The van der Waals surface area contributed by atoms with Crippen LogP contribution in [0.4, 0.5) is 0 Å². The number of rotatable bonds is 8. The highest BCUT2D eigenvalue weighted by Crippen LogP contribution is 2.31. The molecule has 0 amide bonds. The zero-order valence-corrected chi connectivity index (χ0v) is 20.7. The predicted molar refractivity (Wildman–Crippen MR) is 131 cm³/mol. The number of carbonyl (C=O) groups excluding carboxylic acids is 1. The summed E-state index contributed by atoms with van der Waals surface area (Å²) < 4.78 is 27.8. The Labute approximate surface area is 198 Å². The van der Waals surface area contributed by atoms with Crippen LogP contribution in [0.5, 0.6) is 0 Å². The Kier molecular flexibility index (Phi) is 6.63. The molecule has 3 aromatic rings. The zero-order chi connectivity index (χ0) is 23.8. The normalized spacial score (nSPS) is 17.4. The molecule has 33 heavy (non-hydrogen) atoms. The molecule has 4 rings (SSSR count). The van der Waals surface area contributed by atoms with Gasteiger partial charge in [-0.15, -0.1) is 16.8 Å². The second-order valence-electron chi connectivity index (χ2n) is 8.51. The van der Waals surface area contributed by atoms with Crippen molar-refractivity contribution in [1.29, 1.82) is 0 Å². The minimum absolute atomic E-state index is 0.0182. The largest absolute Gasteiger partial charge is 0.318 e. The Morgan fingerprint density at radius 1 is 1.21 bits per heavy atom. The second-order valence-corrected chi connectivity index (χ2v) is 11.7. The Morgan fingerprint density at radius 3 is 2.58 bits per heavy atom. The summed E-state index contributed by atoms with van der Waals surface area (Å²) in [6.45, 7) is 10.3. The average Bonchev–Trinajstić information content (AvgIpc) is 3.42. The molecule has 1 fully saturated rings. The van der Waals surface area contributed by atoms with Gasteiger partial charge in [0.25, 0.3) is 0 Å². The van der Waals surface area contributed by atoms with Crippen molar-refractivity contribution in [2.45, 2.75) is 44.8 Å². The molecule has 1 saturated heterocycles. The average molecular weight is 485 g/mol. The van der Waals surface area contributed by atoms with Crippen LogP contribution < -0.4 is 0 Å². The maximum Gasteiger partial charge on any atom is 0.191 e. The number of aryl methyl sites for hydroxylation is 2. The van der Waals surface area contributed by atoms with E-state index in [0.717, 1.165) is 17.1 Å². The fourth-order valence-corrected chi connectivity index (χ4v) is 6.93. The predicted octanol–water partition coefficient (Wildman–Crippen LogP) is 4.06. The number of Topliss-reactive ketones (excluding diaryl/α,β-unsaturated/α-hetero) is 1. The molecular weight excluding hydrogens is 456 g/mol. The minimum Gasteiger partial charge on any atom is -0.318 e. The SMILES string of the molecule is C=CCn1c(SCC(=O)c2cc(C)n(-c3ccc(C)cc3)c2C)nnc1C1CCS(=O)(=O)C1. The molecule has 1 unspecified atom stereocenters. The zero-order valence-electron chi connectivity index (χ0n) is 19.1. The van der Waals surface area contributed by atoms with Crippen molar-refractivity contribution in [1.82, 2.24) is 19.3 Å². The molecule has 1 aliphatic rings. The summed E-state index contributed by atoms with van der Waals surface area (Å²) in [6.07, 6.45) is 2.28. The van der Waals surface area contributed by atoms with Crippen molar-refractivity contribution in [3.63, 3.8) is 0 Å². The van der Waals surface area contributed by atoms with Crippen molar-refractivity contribution in [2.75, 3.05) is 17.3 Å². The van der Waals surface area contributed by atoms with E-state index in [1.165, 1.54) is 17.3 Å². The van der Waals surface area contributed by atoms with E-state index in [-0.39, 0.29) is 29.0 Å². The smallest absolute Gasteiger partial charge is 0.191 e. The Bertz CT molecular complexity index is 1300. The lowest BCUT2D eigenvalue weighted by Gasteiger charge is -2.11. The maximum atomic E-state index is 13.1. The van der Waals surface area contributed by atoms with E-state index in [1.807, 2.05) is 31.4 Å². The van der Waals surface area contributed by atoms with E-state index in [4.69, 9.17) is 0 Å². The molecule has 0 spiro atoms. The van der Waals surface area contributed by atoms with Gasteiger partial charge >= 0.3 is 0 Å². The number of sulfone groups is 1. The molecule has 174 valence electrons. The molecule has 1 aromatic carbocycles. The molecule has 7 nitrogen and oxygen atoms in total. The second kappa shape index (κ2) is 9.30. The summed E-state index contributed by atoms with van der Waals surface area (Å²) in [6, 6.07) is 10.2. The fourth-order valence-electron chi connectivity index (χ4n) is 4.35. The van der Waals surface area contributed by atoms with Crippen molar-refractivity contribution < 1.29 is 13.2 Å². The molecule has 2 aromatic heterocycles. The molecule has 0 aliphatic carbocycles. The van der Waals surface area contributed by atoms with E-state index in [1.54, 1.807) is 6.08 Å². The molecule has 0 saturated carbocycles. The number of nitrogens with zero attached hydrogens (tertiary/aromatic N) is 4.